The molecule has 2 aromatic heterocycles. The van der Waals surface area contributed by atoms with Crippen LogP contribution in [0, 0.1) is 5.92 Å². The number of aromatic nitrogens is 2. The fourth-order valence-corrected chi connectivity index (χ4v) is 2.76. The van der Waals surface area contributed by atoms with Crippen LogP contribution in [0.4, 0.5) is 5.82 Å². The van der Waals surface area contributed by atoms with Crippen molar-refractivity contribution >= 4 is 22.6 Å². The number of rotatable bonds is 4. The third-order valence-corrected chi connectivity index (χ3v) is 3.83. The van der Waals surface area contributed by atoms with Gasteiger partial charge in [0.2, 0.25) is 0 Å². The molecule has 128 valence electrons. The second-order valence-electron chi connectivity index (χ2n) is 6.22. The Hall–Kier alpha value is -3.15. The monoisotopic (exact) mass is 337 g/mol. The second kappa shape index (κ2) is 6.76. The predicted octanol–water partition coefficient (Wildman–Crippen LogP) is 3.01. The van der Waals surface area contributed by atoms with Crippen molar-refractivity contribution in [2.24, 2.45) is 5.92 Å². The van der Waals surface area contributed by atoms with Crippen LogP contribution in [0.25, 0.3) is 10.9 Å². The van der Waals surface area contributed by atoms with E-state index in [1.54, 1.807) is 42.5 Å². The van der Waals surface area contributed by atoms with E-state index in [4.69, 9.17) is 0 Å². The minimum atomic E-state index is -0.676. The molecule has 0 aliphatic carbocycles. The zero-order valence-corrected chi connectivity index (χ0v) is 14.1. The van der Waals surface area contributed by atoms with Crippen LogP contribution in [0.3, 0.4) is 0 Å². The number of carbonyl (C=O) groups excluding carboxylic acids is 1. The summed E-state index contributed by atoms with van der Waals surface area (Å²) in [7, 11) is 0. The number of pyridine rings is 2. The van der Waals surface area contributed by atoms with Crippen LogP contribution < -0.4 is 10.9 Å². The molecule has 2 N–H and O–H groups in total. The van der Waals surface area contributed by atoms with E-state index in [0.717, 1.165) is 0 Å². The molecule has 0 radical (unpaired) electrons. The summed E-state index contributed by atoms with van der Waals surface area (Å²) in [5.41, 5.74) is -0.184. The van der Waals surface area contributed by atoms with Gasteiger partial charge in [-0.2, -0.15) is 0 Å². The van der Waals surface area contributed by atoms with E-state index < -0.39 is 11.5 Å². The Morgan fingerprint density at radius 2 is 1.92 bits per heavy atom. The van der Waals surface area contributed by atoms with E-state index in [0.29, 0.717) is 23.3 Å². The minimum Gasteiger partial charge on any atom is -0.506 e. The number of nitrogens with zero attached hydrogens (tertiary/aromatic N) is 2. The minimum absolute atomic E-state index is 0.206. The third kappa shape index (κ3) is 3.24. The van der Waals surface area contributed by atoms with Crippen molar-refractivity contribution in [2.45, 2.75) is 20.4 Å². The van der Waals surface area contributed by atoms with Gasteiger partial charge in [-0.1, -0.05) is 32.0 Å². The zero-order valence-electron chi connectivity index (χ0n) is 14.1. The molecule has 25 heavy (non-hydrogen) atoms. The van der Waals surface area contributed by atoms with Crippen LogP contribution in [0.2, 0.25) is 0 Å². The van der Waals surface area contributed by atoms with Crippen molar-refractivity contribution in [3.8, 4) is 5.75 Å². The van der Waals surface area contributed by atoms with Gasteiger partial charge in [0, 0.05) is 18.1 Å². The summed E-state index contributed by atoms with van der Waals surface area (Å²) in [4.78, 5) is 29.5. The molecule has 0 aliphatic heterocycles. The molecule has 1 aromatic carbocycles. The van der Waals surface area contributed by atoms with Crippen molar-refractivity contribution in [2.75, 3.05) is 5.32 Å². The molecular weight excluding hydrogens is 318 g/mol. The number of fused-ring (bicyclic) bond motifs is 1. The van der Waals surface area contributed by atoms with Crippen molar-refractivity contribution in [1.29, 1.82) is 0 Å². The average Bonchev–Trinajstić information content (AvgIpc) is 2.59. The predicted molar refractivity (Wildman–Crippen MR) is 96.9 cm³/mol. The Morgan fingerprint density at radius 3 is 2.60 bits per heavy atom. The number of nitrogens with one attached hydrogen (secondary N) is 1. The highest BCUT2D eigenvalue weighted by Crippen LogP contribution is 2.27. The van der Waals surface area contributed by atoms with E-state index in [9.17, 15) is 14.7 Å². The van der Waals surface area contributed by atoms with Crippen molar-refractivity contribution in [3.63, 3.8) is 0 Å². The van der Waals surface area contributed by atoms with Crippen LogP contribution in [-0.2, 0) is 6.54 Å². The number of carbonyl (C=O) groups is 1. The third-order valence-electron chi connectivity index (χ3n) is 3.83. The fourth-order valence-electron chi connectivity index (χ4n) is 2.76. The molecule has 0 saturated carbocycles. The molecule has 6 nitrogen and oxygen atoms in total. The zero-order chi connectivity index (χ0) is 18.0. The van der Waals surface area contributed by atoms with Gasteiger partial charge in [-0.3, -0.25) is 9.59 Å². The SMILES string of the molecule is CC(C)Cn1c(=O)c(C(=O)Nc2ccccn2)c(O)c2ccccc21. The quantitative estimate of drug-likeness (QED) is 0.766. The highest BCUT2D eigenvalue weighted by Gasteiger charge is 2.22. The topological polar surface area (TPSA) is 84.2 Å². The Labute approximate surface area is 144 Å². The fraction of sp³-hybridized carbons (Fsp3) is 0.211. The number of hydrogen-bond acceptors (Lipinski definition) is 4. The van der Waals surface area contributed by atoms with Crippen LogP contribution >= 0.6 is 0 Å². The van der Waals surface area contributed by atoms with E-state index in [-0.39, 0.29) is 17.2 Å². The van der Waals surface area contributed by atoms with Gasteiger partial charge in [-0.05, 0) is 30.2 Å². The molecule has 0 aliphatic rings. The average molecular weight is 337 g/mol. The summed E-state index contributed by atoms with van der Waals surface area (Å²) in [6.07, 6.45) is 1.53. The van der Waals surface area contributed by atoms with Gasteiger partial charge in [0.15, 0.2) is 0 Å². The lowest BCUT2D eigenvalue weighted by atomic mass is 10.1. The lowest BCUT2D eigenvalue weighted by Crippen LogP contribution is -2.31. The number of amides is 1. The molecule has 0 spiro atoms. The standard InChI is InChI=1S/C19H19N3O3/c1-12(2)11-22-14-8-4-3-7-13(14)17(23)16(19(22)25)18(24)21-15-9-5-6-10-20-15/h3-10,12,23H,11H2,1-2H3,(H,20,21,24). The van der Waals surface area contributed by atoms with Crippen molar-refractivity contribution in [1.82, 2.24) is 9.55 Å². The van der Waals surface area contributed by atoms with Gasteiger partial charge in [-0.25, -0.2) is 4.98 Å². The first-order chi connectivity index (χ1) is 12.0. The summed E-state index contributed by atoms with van der Waals surface area (Å²) in [6, 6.07) is 12.1. The maximum absolute atomic E-state index is 12.9. The van der Waals surface area contributed by atoms with Crippen LogP contribution in [-0.4, -0.2) is 20.6 Å². The Balaban J connectivity index is 2.17. The molecule has 0 fully saturated rings. The first kappa shape index (κ1) is 16.7. The molecule has 6 heteroatoms. The van der Waals surface area contributed by atoms with Crippen LogP contribution in [0.1, 0.15) is 24.2 Å². The van der Waals surface area contributed by atoms with E-state index in [1.165, 1.54) is 10.8 Å². The molecule has 0 atom stereocenters. The van der Waals surface area contributed by atoms with Gasteiger partial charge in [0.25, 0.3) is 11.5 Å². The molecule has 2 heterocycles. The van der Waals surface area contributed by atoms with Gasteiger partial charge < -0.3 is 15.0 Å². The highest BCUT2D eigenvalue weighted by atomic mass is 16.3. The van der Waals surface area contributed by atoms with Crippen molar-refractivity contribution in [3.05, 3.63) is 64.6 Å². The normalized spacial score (nSPS) is 11.0. The number of hydrogen-bond donors (Lipinski definition) is 2. The summed E-state index contributed by atoms with van der Waals surface area (Å²) < 4.78 is 1.53. The molecule has 1 amide bonds. The van der Waals surface area contributed by atoms with Gasteiger partial charge in [0.1, 0.15) is 17.1 Å². The number of benzene rings is 1. The molecule has 0 bridgehead atoms. The summed E-state index contributed by atoms with van der Waals surface area (Å²) >= 11 is 0. The lowest BCUT2D eigenvalue weighted by Gasteiger charge is -2.16. The van der Waals surface area contributed by atoms with E-state index >= 15 is 0 Å². The van der Waals surface area contributed by atoms with E-state index in [2.05, 4.69) is 10.3 Å². The first-order valence-electron chi connectivity index (χ1n) is 8.06. The maximum atomic E-state index is 12.9. The molecular formula is C19H19N3O3. The summed E-state index contributed by atoms with van der Waals surface area (Å²) in [5.74, 6) is -0.467. The summed E-state index contributed by atoms with van der Waals surface area (Å²) in [5, 5.41) is 13.6. The first-order valence-corrected chi connectivity index (χ1v) is 8.06. The molecule has 0 saturated heterocycles. The van der Waals surface area contributed by atoms with Gasteiger partial charge in [-0.15, -0.1) is 0 Å². The van der Waals surface area contributed by atoms with Gasteiger partial charge >= 0.3 is 0 Å². The Kier molecular flexibility index (Phi) is 4.52. The Morgan fingerprint density at radius 1 is 1.20 bits per heavy atom. The highest BCUT2D eigenvalue weighted by molar-refractivity contribution is 6.08. The number of anilines is 1. The largest absolute Gasteiger partial charge is 0.506 e. The smallest absolute Gasteiger partial charge is 0.267 e. The lowest BCUT2D eigenvalue weighted by molar-refractivity contribution is 0.102. The van der Waals surface area contributed by atoms with Gasteiger partial charge in [0.05, 0.1) is 5.52 Å². The molecule has 3 rings (SSSR count). The van der Waals surface area contributed by atoms with Crippen molar-refractivity contribution < 1.29 is 9.90 Å². The maximum Gasteiger partial charge on any atom is 0.267 e. The second-order valence-corrected chi connectivity index (χ2v) is 6.22. The van der Waals surface area contributed by atoms with E-state index in [1.807, 2.05) is 13.8 Å². The number of aromatic hydroxyl groups is 1. The van der Waals surface area contributed by atoms with Crippen LogP contribution in [0.15, 0.2) is 53.5 Å². The Bertz CT molecular complexity index is 978. The number of para-hydroxylation sites is 1. The molecule has 0 unspecified atom stereocenters. The molecule has 3 aromatic rings. The van der Waals surface area contributed by atoms with Crippen LogP contribution in [0.5, 0.6) is 5.75 Å². The summed E-state index contributed by atoms with van der Waals surface area (Å²) in [6.45, 7) is 4.42.